The fourth-order valence-electron chi connectivity index (χ4n) is 3.85. The lowest BCUT2D eigenvalue weighted by Gasteiger charge is -2.34. The highest BCUT2D eigenvalue weighted by Crippen LogP contribution is 2.34. The van der Waals surface area contributed by atoms with Gasteiger partial charge >= 0.3 is 5.97 Å². The minimum atomic E-state index is -1.41. The zero-order chi connectivity index (χ0) is 25.3. The standard InChI is InChI=1S/C21H23Cl2FN6O4S/c1-10-13(22)14(23)15(26-10)19(31)27-12-3-5-30(9-11(12)24)21-28-16(17(35-21)20(32)33)18-25-4-6-29(18)7-8-34-2/h4,6,11-12,26H,3,5,7-9H2,1-2H3,(H,27,31)(H,32,33)/t11-,12+/m0/s1. The molecule has 0 radical (unpaired) electrons. The number of thiazole rings is 1. The topological polar surface area (TPSA) is 125 Å². The van der Waals surface area contributed by atoms with Crippen LogP contribution in [-0.2, 0) is 11.3 Å². The van der Waals surface area contributed by atoms with Crippen LogP contribution in [-0.4, -0.2) is 75.5 Å². The molecule has 14 heteroatoms. The van der Waals surface area contributed by atoms with Crippen molar-refractivity contribution >= 4 is 51.5 Å². The van der Waals surface area contributed by atoms with Gasteiger partial charge < -0.3 is 29.6 Å². The summed E-state index contributed by atoms with van der Waals surface area (Å²) in [5.41, 5.74) is 0.853. The molecule has 0 spiro atoms. The van der Waals surface area contributed by atoms with E-state index >= 15 is 4.39 Å². The third kappa shape index (κ3) is 5.15. The van der Waals surface area contributed by atoms with Gasteiger partial charge in [-0.15, -0.1) is 0 Å². The quantitative estimate of drug-likeness (QED) is 0.395. The van der Waals surface area contributed by atoms with E-state index in [0.29, 0.717) is 36.3 Å². The van der Waals surface area contributed by atoms with Crippen molar-refractivity contribution in [2.24, 2.45) is 0 Å². The minimum absolute atomic E-state index is 0.0179. The van der Waals surface area contributed by atoms with Crippen LogP contribution in [0.4, 0.5) is 9.52 Å². The highest BCUT2D eigenvalue weighted by Gasteiger charge is 2.34. The number of amides is 1. The van der Waals surface area contributed by atoms with E-state index in [1.165, 1.54) is 0 Å². The molecule has 188 valence electrons. The number of nitrogens with zero attached hydrogens (tertiary/aromatic N) is 4. The summed E-state index contributed by atoms with van der Waals surface area (Å²) < 4.78 is 21.9. The summed E-state index contributed by atoms with van der Waals surface area (Å²) in [4.78, 5) is 37.8. The summed E-state index contributed by atoms with van der Waals surface area (Å²) in [5, 5.41) is 13.1. The Morgan fingerprint density at radius 2 is 2.17 bits per heavy atom. The zero-order valence-electron chi connectivity index (χ0n) is 18.8. The highest BCUT2D eigenvalue weighted by atomic mass is 35.5. The van der Waals surface area contributed by atoms with Crippen LogP contribution >= 0.6 is 34.5 Å². The maximum Gasteiger partial charge on any atom is 0.348 e. The number of alkyl halides is 1. The molecule has 3 N–H and O–H groups in total. The van der Waals surface area contributed by atoms with Gasteiger partial charge in [0.25, 0.3) is 5.91 Å². The first-order valence-electron chi connectivity index (χ1n) is 10.7. The average Bonchev–Trinajstić information content (AvgIpc) is 3.53. The molecular weight excluding hydrogens is 522 g/mol. The van der Waals surface area contributed by atoms with E-state index in [4.69, 9.17) is 27.9 Å². The molecule has 0 bridgehead atoms. The first-order chi connectivity index (χ1) is 16.7. The van der Waals surface area contributed by atoms with Gasteiger partial charge in [0.15, 0.2) is 11.0 Å². The smallest absolute Gasteiger partial charge is 0.348 e. The molecule has 1 saturated heterocycles. The Bertz CT molecular complexity index is 1240. The predicted molar refractivity (Wildman–Crippen MR) is 131 cm³/mol. The fraction of sp³-hybridized carbons (Fsp3) is 0.429. The largest absolute Gasteiger partial charge is 0.477 e. The number of hydrogen-bond acceptors (Lipinski definition) is 7. The van der Waals surface area contributed by atoms with Gasteiger partial charge in [-0.05, 0) is 13.3 Å². The number of aromatic amines is 1. The molecule has 1 fully saturated rings. The van der Waals surface area contributed by atoms with Gasteiger partial charge in [-0.2, -0.15) is 0 Å². The van der Waals surface area contributed by atoms with Crippen LogP contribution < -0.4 is 10.2 Å². The number of hydrogen-bond donors (Lipinski definition) is 3. The molecule has 4 rings (SSSR count). The zero-order valence-corrected chi connectivity index (χ0v) is 21.2. The Balaban J connectivity index is 1.49. The third-order valence-electron chi connectivity index (χ3n) is 5.68. The number of aromatic carboxylic acids is 1. The number of aryl methyl sites for hydroxylation is 1. The summed E-state index contributed by atoms with van der Waals surface area (Å²) in [6, 6.07) is -0.747. The van der Waals surface area contributed by atoms with Crippen LogP contribution in [0.25, 0.3) is 11.5 Å². The Morgan fingerprint density at radius 3 is 2.80 bits per heavy atom. The van der Waals surface area contributed by atoms with Crippen LogP contribution in [0.3, 0.4) is 0 Å². The summed E-state index contributed by atoms with van der Waals surface area (Å²) >= 11 is 13.1. The molecule has 1 aliphatic heterocycles. The van der Waals surface area contributed by atoms with Crippen molar-refractivity contribution < 1.29 is 23.8 Å². The number of halogens is 3. The van der Waals surface area contributed by atoms with Crippen LogP contribution in [0.5, 0.6) is 0 Å². The van der Waals surface area contributed by atoms with Crippen molar-refractivity contribution in [2.45, 2.75) is 32.1 Å². The van der Waals surface area contributed by atoms with Crippen LogP contribution in [0.15, 0.2) is 12.4 Å². The molecular formula is C21H23Cl2FN6O4S. The number of carbonyl (C=O) groups excluding carboxylic acids is 1. The number of piperidine rings is 1. The van der Waals surface area contributed by atoms with Crippen molar-refractivity contribution in [2.75, 3.05) is 31.7 Å². The number of carboxylic acid groups (broad SMARTS) is 1. The summed E-state index contributed by atoms with van der Waals surface area (Å²) in [6.45, 7) is 2.89. The van der Waals surface area contributed by atoms with E-state index in [1.807, 2.05) is 0 Å². The van der Waals surface area contributed by atoms with E-state index in [9.17, 15) is 14.7 Å². The Labute approximate surface area is 214 Å². The number of rotatable bonds is 8. The van der Waals surface area contributed by atoms with Crippen LogP contribution in [0.2, 0.25) is 10.0 Å². The molecule has 0 unspecified atom stereocenters. The Kier molecular flexibility index (Phi) is 7.64. The van der Waals surface area contributed by atoms with E-state index in [1.54, 1.807) is 35.9 Å². The monoisotopic (exact) mass is 544 g/mol. The normalized spacial score (nSPS) is 18.1. The molecule has 3 aromatic rings. The minimum Gasteiger partial charge on any atom is -0.477 e. The number of carbonyl (C=O) groups is 2. The van der Waals surface area contributed by atoms with E-state index in [0.717, 1.165) is 11.3 Å². The van der Waals surface area contributed by atoms with Gasteiger partial charge in [0, 0.05) is 38.3 Å². The second kappa shape index (κ2) is 10.5. The van der Waals surface area contributed by atoms with Gasteiger partial charge in [-0.1, -0.05) is 34.5 Å². The number of anilines is 1. The van der Waals surface area contributed by atoms with Gasteiger partial charge in [-0.25, -0.2) is 19.2 Å². The molecule has 1 amide bonds. The van der Waals surface area contributed by atoms with Gasteiger partial charge in [0.05, 0.1) is 29.2 Å². The molecule has 10 nitrogen and oxygen atoms in total. The van der Waals surface area contributed by atoms with Crippen molar-refractivity contribution in [1.29, 1.82) is 0 Å². The molecule has 3 aromatic heterocycles. The number of H-pyrrole nitrogens is 1. The first kappa shape index (κ1) is 25.4. The second-order valence-electron chi connectivity index (χ2n) is 8.00. The maximum atomic E-state index is 15.1. The Morgan fingerprint density at radius 1 is 1.40 bits per heavy atom. The van der Waals surface area contributed by atoms with Gasteiger partial charge in [0.1, 0.15) is 22.4 Å². The lowest BCUT2D eigenvalue weighted by molar-refractivity contribution is 0.0702. The number of aromatic nitrogens is 4. The maximum absolute atomic E-state index is 15.1. The number of carboxylic acids is 1. The number of methoxy groups -OCH3 is 1. The van der Waals surface area contributed by atoms with Crippen LogP contribution in [0.1, 0.15) is 32.3 Å². The average molecular weight is 545 g/mol. The lowest BCUT2D eigenvalue weighted by Crippen LogP contribution is -2.52. The van der Waals surface area contributed by atoms with Crippen molar-refractivity contribution in [1.82, 2.24) is 24.8 Å². The molecule has 0 aliphatic carbocycles. The third-order valence-corrected chi connectivity index (χ3v) is 7.73. The SMILES string of the molecule is COCCn1ccnc1-c1nc(N2CC[C@@H](NC(=O)c3[nH]c(C)c(Cl)c3Cl)[C@@H](F)C2)sc1C(=O)O. The molecule has 35 heavy (non-hydrogen) atoms. The summed E-state index contributed by atoms with van der Waals surface area (Å²) in [6.07, 6.45) is 2.16. The molecule has 1 aliphatic rings. The van der Waals surface area contributed by atoms with Crippen molar-refractivity contribution in [3.8, 4) is 11.5 Å². The Hall–Kier alpha value is -2.67. The lowest BCUT2D eigenvalue weighted by atomic mass is 10.0. The summed E-state index contributed by atoms with van der Waals surface area (Å²) in [7, 11) is 1.57. The van der Waals surface area contributed by atoms with E-state index in [2.05, 4.69) is 20.3 Å². The van der Waals surface area contributed by atoms with Gasteiger partial charge in [0.2, 0.25) is 0 Å². The van der Waals surface area contributed by atoms with Crippen molar-refractivity contribution in [3.63, 3.8) is 0 Å². The fourth-order valence-corrected chi connectivity index (χ4v) is 5.20. The number of nitrogens with one attached hydrogen (secondary N) is 2. The molecule has 2 atom stereocenters. The molecule has 4 heterocycles. The number of imidazole rings is 1. The molecule has 0 saturated carbocycles. The second-order valence-corrected chi connectivity index (χ2v) is 9.73. The van der Waals surface area contributed by atoms with E-state index < -0.39 is 24.1 Å². The van der Waals surface area contributed by atoms with E-state index in [-0.39, 0.29) is 39.3 Å². The van der Waals surface area contributed by atoms with Crippen molar-refractivity contribution in [3.05, 3.63) is 38.7 Å². The first-order valence-corrected chi connectivity index (χ1v) is 12.3. The summed E-state index contributed by atoms with van der Waals surface area (Å²) in [5.74, 6) is -1.28. The van der Waals surface area contributed by atoms with Gasteiger partial charge in [-0.3, -0.25) is 4.79 Å². The van der Waals surface area contributed by atoms with Crippen LogP contribution in [0, 0.1) is 6.92 Å². The predicted octanol–water partition coefficient (Wildman–Crippen LogP) is 3.64. The number of ether oxygens (including phenoxy) is 1. The molecule has 0 aromatic carbocycles. The highest BCUT2D eigenvalue weighted by molar-refractivity contribution is 7.17.